The summed E-state index contributed by atoms with van der Waals surface area (Å²) in [5.41, 5.74) is 13.6. The molecule has 2 aromatic heterocycles. The Balaban J connectivity index is 2.24. The zero-order valence-electron chi connectivity index (χ0n) is 10.9. The molecule has 21 heavy (non-hydrogen) atoms. The predicted molar refractivity (Wildman–Crippen MR) is 75.6 cm³/mol. The van der Waals surface area contributed by atoms with E-state index in [1.54, 1.807) is 24.3 Å². The second kappa shape index (κ2) is 4.97. The van der Waals surface area contributed by atoms with Crippen molar-refractivity contribution in [1.82, 2.24) is 19.7 Å². The van der Waals surface area contributed by atoms with E-state index >= 15 is 0 Å². The molecule has 0 amide bonds. The van der Waals surface area contributed by atoms with Gasteiger partial charge in [0.25, 0.3) is 6.43 Å². The second-order valence-electron chi connectivity index (χ2n) is 4.50. The zero-order chi connectivity index (χ0) is 15.0. The Bertz CT molecular complexity index is 781. The summed E-state index contributed by atoms with van der Waals surface area (Å²) < 4.78 is 26.5. The van der Waals surface area contributed by atoms with Gasteiger partial charge in [-0.05, 0) is 12.1 Å². The number of hydrogen-bond donors (Lipinski definition) is 2. The number of anilines is 2. The Morgan fingerprint density at radius 3 is 2.48 bits per heavy atom. The van der Waals surface area contributed by atoms with E-state index in [-0.39, 0.29) is 11.5 Å². The van der Waals surface area contributed by atoms with Gasteiger partial charge in [0.15, 0.2) is 5.65 Å². The minimum atomic E-state index is -2.54. The molecule has 0 fully saturated rings. The lowest BCUT2D eigenvalue weighted by Gasteiger charge is -2.00. The standard InChI is InChI=1S/C13H12F2N6/c14-9(15)5-21-13-10(12(17)18-6-19-13)11(20-21)7-1-3-8(16)4-2-7/h1-4,6,9H,5,16H2,(H2,17,18,19). The number of nitrogen functional groups attached to an aromatic ring is 2. The molecule has 0 saturated heterocycles. The highest BCUT2D eigenvalue weighted by Crippen LogP contribution is 2.30. The SMILES string of the molecule is Nc1ccc(-c2nn(CC(F)F)c3ncnc(N)c23)cc1. The van der Waals surface area contributed by atoms with Crippen molar-refractivity contribution in [2.45, 2.75) is 13.0 Å². The number of alkyl halides is 2. The van der Waals surface area contributed by atoms with Gasteiger partial charge in [0.1, 0.15) is 24.4 Å². The van der Waals surface area contributed by atoms with Crippen LogP contribution in [0.25, 0.3) is 22.3 Å². The van der Waals surface area contributed by atoms with Crippen LogP contribution in [-0.2, 0) is 6.54 Å². The van der Waals surface area contributed by atoms with Crippen LogP contribution in [0.4, 0.5) is 20.3 Å². The Hall–Kier alpha value is -2.77. The molecule has 6 nitrogen and oxygen atoms in total. The van der Waals surface area contributed by atoms with E-state index in [0.29, 0.717) is 22.3 Å². The van der Waals surface area contributed by atoms with Crippen LogP contribution in [0, 0.1) is 0 Å². The van der Waals surface area contributed by atoms with Crippen molar-refractivity contribution in [2.24, 2.45) is 0 Å². The molecule has 3 aromatic rings. The largest absolute Gasteiger partial charge is 0.399 e. The van der Waals surface area contributed by atoms with Gasteiger partial charge in [-0.1, -0.05) is 12.1 Å². The van der Waals surface area contributed by atoms with Crippen LogP contribution in [-0.4, -0.2) is 26.2 Å². The number of halogens is 2. The normalized spacial score (nSPS) is 11.4. The lowest BCUT2D eigenvalue weighted by Crippen LogP contribution is -2.08. The molecule has 4 N–H and O–H groups in total. The van der Waals surface area contributed by atoms with Gasteiger partial charge in [-0.15, -0.1) is 0 Å². The molecule has 8 heteroatoms. The molecular formula is C13H12F2N6. The summed E-state index contributed by atoms with van der Waals surface area (Å²) in [5.74, 6) is 0.201. The van der Waals surface area contributed by atoms with Crippen molar-refractivity contribution in [3.05, 3.63) is 30.6 Å². The summed E-state index contributed by atoms with van der Waals surface area (Å²) in [7, 11) is 0. The van der Waals surface area contributed by atoms with Gasteiger partial charge in [0.05, 0.1) is 5.39 Å². The first-order valence-electron chi connectivity index (χ1n) is 6.17. The highest BCUT2D eigenvalue weighted by molar-refractivity contribution is 5.98. The molecule has 0 unspecified atom stereocenters. The van der Waals surface area contributed by atoms with Gasteiger partial charge in [-0.25, -0.2) is 23.4 Å². The van der Waals surface area contributed by atoms with Crippen LogP contribution in [0.2, 0.25) is 0 Å². The molecule has 0 aliphatic rings. The lowest BCUT2D eigenvalue weighted by molar-refractivity contribution is 0.123. The minimum absolute atomic E-state index is 0.201. The Labute approximate surface area is 118 Å². The fourth-order valence-electron chi connectivity index (χ4n) is 2.13. The van der Waals surface area contributed by atoms with E-state index in [0.717, 1.165) is 4.68 Å². The quantitative estimate of drug-likeness (QED) is 0.718. The second-order valence-corrected chi connectivity index (χ2v) is 4.50. The van der Waals surface area contributed by atoms with E-state index in [4.69, 9.17) is 11.5 Å². The molecule has 0 atom stereocenters. The summed E-state index contributed by atoms with van der Waals surface area (Å²) in [6.45, 7) is -0.554. The molecule has 0 aliphatic heterocycles. The van der Waals surface area contributed by atoms with Gasteiger partial charge >= 0.3 is 0 Å². The predicted octanol–water partition coefficient (Wildman–Crippen LogP) is 1.92. The average Bonchev–Trinajstić information content (AvgIpc) is 2.79. The third-order valence-corrected chi connectivity index (χ3v) is 3.05. The number of aromatic nitrogens is 4. The fraction of sp³-hybridized carbons (Fsp3) is 0.154. The van der Waals surface area contributed by atoms with E-state index in [9.17, 15) is 8.78 Å². The third-order valence-electron chi connectivity index (χ3n) is 3.05. The molecular weight excluding hydrogens is 278 g/mol. The fourth-order valence-corrected chi connectivity index (χ4v) is 2.13. The van der Waals surface area contributed by atoms with E-state index in [2.05, 4.69) is 15.1 Å². The highest BCUT2D eigenvalue weighted by Gasteiger charge is 2.18. The molecule has 0 aliphatic carbocycles. The first-order valence-corrected chi connectivity index (χ1v) is 6.17. The maximum atomic E-state index is 12.7. The zero-order valence-corrected chi connectivity index (χ0v) is 10.9. The number of fused-ring (bicyclic) bond motifs is 1. The monoisotopic (exact) mass is 290 g/mol. The van der Waals surface area contributed by atoms with Crippen molar-refractivity contribution in [2.75, 3.05) is 11.5 Å². The topological polar surface area (TPSA) is 95.6 Å². The summed E-state index contributed by atoms with van der Waals surface area (Å²) in [6, 6.07) is 6.90. The van der Waals surface area contributed by atoms with Gasteiger partial charge in [0.2, 0.25) is 0 Å². The molecule has 2 heterocycles. The Morgan fingerprint density at radius 2 is 1.81 bits per heavy atom. The van der Waals surface area contributed by atoms with Crippen molar-refractivity contribution < 1.29 is 8.78 Å². The highest BCUT2D eigenvalue weighted by atomic mass is 19.3. The van der Waals surface area contributed by atoms with E-state index in [1.807, 2.05) is 0 Å². The summed E-state index contributed by atoms with van der Waals surface area (Å²) >= 11 is 0. The lowest BCUT2D eigenvalue weighted by atomic mass is 10.1. The van der Waals surface area contributed by atoms with Gasteiger partial charge in [-0.2, -0.15) is 5.10 Å². The van der Waals surface area contributed by atoms with Gasteiger partial charge < -0.3 is 11.5 Å². The number of hydrogen-bond acceptors (Lipinski definition) is 5. The van der Waals surface area contributed by atoms with Gasteiger partial charge in [-0.3, -0.25) is 0 Å². The van der Waals surface area contributed by atoms with Crippen LogP contribution in [0.3, 0.4) is 0 Å². The smallest absolute Gasteiger partial charge is 0.258 e. The van der Waals surface area contributed by atoms with Crippen LogP contribution in [0.15, 0.2) is 30.6 Å². The Morgan fingerprint density at radius 1 is 1.10 bits per heavy atom. The van der Waals surface area contributed by atoms with E-state index < -0.39 is 13.0 Å². The molecule has 0 radical (unpaired) electrons. The number of rotatable bonds is 3. The van der Waals surface area contributed by atoms with Crippen LogP contribution in [0.1, 0.15) is 0 Å². The first kappa shape index (κ1) is 13.2. The molecule has 0 bridgehead atoms. The maximum absolute atomic E-state index is 12.7. The van der Waals surface area contributed by atoms with Crippen molar-refractivity contribution >= 4 is 22.5 Å². The summed E-state index contributed by atoms with van der Waals surface area (Å²) in [4.78, 5) is 7.91. The van der Waals surface area contributed by atoms with E-state index in [1.165, 1.54) is 6.33 Å². The van der Waals surface area contributed by atoms with Crippen LogP contribution in [0.5, 0.6) is 0 Å². The number of nitrogens with two attached hydrogens (primary N) is 2. The maximum Gasteiger partial charge on any atom is 0.258 e. The van der Waals surface area contributed by atoms with Crippen molar-refractivity contribution in [3.63, 3.8) is 0 Å². The molecule has 1 aromatic carbocycles. The molecule has 3 rings (SSSR count). The Kier molecular flexibility index (Phi) is 3.13. The molecule has 108 valence electrons. The third kappa shape index (κ3) is 2.35. The molecule has 0 spiro atoms. The van der Waals surface area contributed by atoms with Crippen molar-refractivity contribution in [1.29, 1.82) is 0 Å². The summed E-state index contributed by atoms with van der Waals surface area (Å²) in [6.07, 6.45) is -1.31. The summed E-state index contributed by atoms with van der Waals surface area (Å²) in [5, 5.41) is 4.66. The average molecular weight is 290 g/mol. The number of nitrogens with zero attached hydrogens (tertiary/aromatic N) is 4. The molecule has 0 saturated carbocycles. The van der Waals surface area contributed by atoms with Crippen LogP contribution < -0.4 is 11.5 Å². The minimum Gasteiger partial charge on any atom is -0.399 e. The first-order chi connectivity index (χ1) is 10.1. The van der Waals surface area contributed by atoms with Crippen LogP contribution >= 0.6 is 0 Å². The van der Waals surface area contributed by atoms with Crippen molar-refractivity contribution in [3.8, 4) is 11.3 Å². The van der Waals surface area contributed by atoms with Gasteiger partial charge in [0, 0.05) is 11.3 Å². The number of benzene rings is 1.